The summed E-state index contributed by atoms with van der Waals surface area (Å²) < 4.78 is 7.05. The van der Waals surface area contributed by atoms with Crippen LogP contribution in [0, 0.1) is 0 Å². The quantitative estimate of drug-likeness (QED) is 0.672. The number of carbonyl (C=O) groups is 1. The van der Waals surface area contributed by atoms with E-state index in [1.54, 1.807) is 29.4 Å². The van der Waals surface area contributed by atoms with E-state index in [1.807, 2.05) is 6.92 Å². The average molecular weight is 419 g/mol. The van der Waals surface area contributed by atoms with Gasteiger partial charge in [0.15, 0.2) is 5.75 Å². The van der Waals surface area contributed by atoms with Gasteiger partial charge < -0.3 is 9.64 Å². The summed E-state index contributed by atoms with van der Waals surface area (Å²) in [6, 6.07) is 2.97. The number of amides is 1. The van der Waals surface area contributed by atoms with E-state index in [-0.39, 0.29) is 50.4 Å². The second kappa shape index (κ2) is 10.7. The summed E-state index contributed by atoms with van der Waals surface area (Å²) in [4.78, 5) is 17.9. The summed E-state index contributed by atoms with van der Waals surface area (Å²) in [5.74, 6) is 0.365. The zero-order valence-corrected chi connectivity index (χ0v) is 14.8. The van der Waals surface area contributed by atoms with Crippen LogP contribution >= 0.6 is 34.8 Å². The van der Waals surface area contributed by atoms with Crippen LogP contribution < -0.4 is 4.74 Å². The molecule has 9 heteroatoms. The van der Waals surface area contributed by atoms with Crippen LogP contribution in [0.15, 0.2) is 30.9 Å². The van der Waals surface area contributed by atoms with Gasteiger partial charge in [-0.05, 0) is 18.6 Å². The Morgan fingerprint density at radius 2 is 1.92 bits per heavy atom. The van der Waals surface area contributed by atoms with E-state index in [4.69, 9.17) is 39.5 Å². The molecular formula is C15H18CaCl3N3O2. The molecule has 0 bridgehead atoms. The van der Waals surface area contributed by atoms with Gasteiger partial charge in [0.2, 0.25) is 0 Å². The van der Waals surface area contributed by atoms with Crippen molar-refractivity contribution in [1.29, 1.82) is 0 Å². The number of ether oxygens (including phenoxy) is 1. The molecule has 2 aromatic rings. The first-order valence-electron chi connectivity index (χ1n) is 7.07. The van der Waals surface area contributed by atoms with E-state index in [0.29, 0.717) is 33.9 Å². The molecule has 1 aromatic heterocycles. The van der Waals surface area contributed by atoms with Gasteiger partial charge in [-0.15, -0.1) is 0 Å². The predicted molar refractivity (Wildman–Crippen MR) is 100 cm³/mol. The standard InChI is InChI=1S/C15H16Cl3N3O2.Ca.2H/c1-2-4-20(15(22)21-5-3-19-10-21)6-7-23-14-12(17)8-11(16)9-13(14)18;;;/h3,5,8-10H,2,4,6-7H2,1H3;;;. The SMILES string of the molecule is CCCN(CCOc1c(Cl)cc(Cl)cc1Cl)C(=O)n1ccnc1.[CaH2]. The topological polar surface area (TPSA) is 47.4 Å². The molecule has 0 spiro atoms. The van der Waals surface area contributed by atoms with Crippen LogP contribution in [0.1, 0.15) is 13.3 Å². The summed E-state index contributed by atoms with van der Waals surface area (Å²) in [5, 5.41) is 1.12. The number of imidazole rings is 1. The molecule has 0 saturated heterocycles. The molecule has 0 atom stereocenters. The van der Waals surface area contributed by atoms with Crippen LogP contribution in [0.4, 0.5) is 4.79 Å². The van der Waals surface area contributed by atoms with Gasteiger partial charge in [-0.2, -0.15) is 0 Å². The summed E-state index contributed by atoms with van der Waals surface area (Å²) >= 11 is 18.0. The third-order valence-electron chi connectivity index (χ3n) is 3.06. The van der Waals surface area contributed by atoms with Crippen molar-refractivity contribution in [3.63, 3.8) is 0 Å². The first-order chi connectivity index (χ1) is 11.0. The van der Waals surface area contributed by atoms with E-state index < -0.39 is 0 Å². The van der Waals surface area contributed by atoms with Crippen molar-refractivity contribution in [2.75, 3.05) is 19.7 Å². The van der Waals surface area contributed by atoms with Crippen molar-refractivity contribution >= 4 is 78.6 Å². The number of benzene rings is 1. The third kappa shape index (κ3) is 5.97. The molecule has 128 valence electrons. The third-order valence-corrected chi connectivity index (χ3v) is 3.84. The van der Waals surface area contributed by atoms with E-state index in [0.717, 1.165) is 6.42 Å². The van der Waals surface area contributed by atoms with Gasteiger partial charge in [-0.1, -0.05) is 41.7 Å². The number of rotatable bonds is 6. The Labute approximate surface area is 185 Å². The van der Waals surface area contributed by atoms with Crippen molar-refractivity contribution in [3.8, 4) is 5.75 Å². The number of hydrogen-bond acceptors (Lipinski definition) is 3. The summed E-state index contributed by atoms with van der Waals surface area (Å²) in [7, 11) is 0. The van der Waals surface area contributed by atoms with E-state index in [2.05, 4.69) is 4.98 Å². The first kappa shape index (κ1) is 21.9. The van der Waals surface area contributed by atoms with Gasteiger partial charge in [0.1, 0.15) is 12.9 Å². The number of carbonyl (C=O) groups excluding carboxylic acids is 1. The van der Waals surface area contributed by atoms with Gasteiger partial charge in [-0.25, -0.2) is 9.78 Å². The molecule has 0 N–H and O–H groups in total. The Bertz CT molecular complexity index is 645. The van der Waals surface area contributed by atoms with Gasteiger partial charge in [0.25, 0.3) is 0 Å². The van der Waals surface area contributed by atoms with Crippen LogP contribution in [-0.2, 0) is 0 Å². The molecule has 1 heterocycles. The molecule has 5 nitrogen and oxygen atoms in total. The minimum atomic E-state index is -0.152. The maximum absolute atomic E-state index is 12.3. The molecule has 2 rings (SSSR count). The van der Waals surface area contributed by atoms with Crippen LogP contribution in [-0.4, -0.2) is 77.9 Å². The van der Waals surface area contributed by atoms with Crippen LogP contribution in [0.2, 0.25) is 15.1 Å². The van der Waals surface area contributed by atoms with Crippen molar-refractivity contribution in [3.05, 3.63) is 45.9 Å². The zero-order chi connectivity index (χ0) is 16.8. The summed E-state index contributed by atoms with van der Waals surface area (Å²) in [6.07, 6.45) is 5.48. The van der Waals surface area contributed by atoms with E-state index >= 15 is 0 Å². The molecule has 0 saturated carbocycles. The molecule has 0 fully saturated rings. The van der Waals surface area contributed by atoms with Gasteiger partial charge >= 0.3 is 43.8 Å². The first-order valence-corrected chi connectivity index (χ1v) is 8.21. The van der Waals surface area contributed by atoms with Gasteiger partial charge in [0, 0.05) is 24.0 Å². The Hall–Kier alpha value is -0.170. The summed E-state index contributed by atoms with van der Waals surface area (Å²) in [6.45, 7) is 3.28. The fourth-order valence-corrected chi connectivity index (χ4v) is 2.96. The average Bonchev–Trinajstić information content (AvgIpc) is 3.02. The minimum absolute atomic E-state index is 0. The van der Waals surface area contributed by atoms with Crippen LogP contribution in [0.25, 0.3) is 0 Å². The van der Waals surface area contributed by atoms with Crippen LogP contribution in [0.5, 0.6) is 5.75 Å². The second-order valence-corrected chi connectivity index (χ2v) is 6.04. The molecule has 0 radical (unpaired) electrons. The molecule has 0 aliphatic carbocycles. The maximum atomic E-state index is 12.3. The Morgan fingerprint density at radius 1 is 1.25 bits per heavy atom. The molecule has 0 unspecified atom stereocenters. The molecule has 24 heavy (non-hydrogen) atoms. The Kier molecular flexibility index (Phi) is 9.79. The number of halogens is 3. The molecule has 0 aliphatic rings. The number of hydrogen-bond donors (Lipinski definition) is 0. The monoisotopic (exact) mass is 417 g/mol. The number of aromatic nitrogens is 2. The molecular weight excluding hydrogens is 401 g/mol. The summed E-state index contributed by atoms with van der Waals surface area (Å²) in [5.41, 5.74) is 0. The Morgan fingerprint density at radius 3 is 2.46 bits per heavy atom. The molecule has 0 aliphatic heterocycles. The Balaban J connectivity index is 0.00000288. The second-order valence-electron chi connectivity index (χ2n) is 4.79. The normalized spacial score (nSPS) is 10.2. The molecule has 1 aromatic carbocycles. The van der Waals surface area contributed by atoms with Crippen molar-refractivity contribution in [2.24, 2.45) is 0 Å². The predicted octanol–water partition coefficient (Wildman–Crippen LogP) is 3.69. The van der Waals surface area contributed by atoms with Crippen molar-refractivity contribution in [1.82, 2.24) is 14.5 Å². The van der Waals surface area contributed by atoms with Gasteiger partial charge in [0.05, 0.1) is 16.6 Å². The van der Waals surface area contributed by atoms with Crippen LogP contribution in [0.3, 0.4) is 0 Å². The fraction of sp³-hybridized carbons (Fsp3) is 0.333. The van der Waals surface area contributed by atoms with Gasteiger partial charge in [-0.3, -0.25) is 4.57 Å². The zero-order valence-electron chi connectivity index (χ0n) is 12.5. The molecule has 1 amide bonds. The van der Waals surface area contributed by atoms with Crippen molar-refractivity contribution < 1.29 is 9.53 Å². The fourth-order valence-electron chi connectivity index (χ4n) is 2.03. The van der Waals surface area contributed by atoms with E-state index in [1.165, 1.54) is 10.9 Å². The van der Waals surface area contributed by atoms with Crippen molar-refractivity contribution in [2.45, 2.75) is 13.3 Å². The van der Waals surface area contributed by atoms with E-state index in [9.17, 15) is 4.79 Å². The number of nitrogens with zero attached hydrogens (tertiary/aromatic N) is 3.